The van der Waals surface area contributed by atoms with E-state index in [9.17, 15) is 0 Å². The predicted molar refractivity (Wildman–Crippen MR) is 228 cm³/mol. The van der Waals surface area contributed by atoms with Crippen molar-refractivity contribution in [3.63, 3.8) is 0 Å². The van der Waals surface area contributed by atoms with Gasteiger partial charge in [-0.1, -0.05) is 190 Å². The van der Waals surface area contributed by atoms with Crippen LogP contribution in [0.5, 0.6) is 0 Å². The molecular weight excluding hydrogens is 669 g/mol. The molecule has 3 aromatic rings. The first-order valence-corrected chi connectivity index (χ1v) is 21.3. The van der Waals surface area contributed by atoms with Crippen LogP contribution in [0.2, 0.25) is 0 Å². The Balaban J connectivity index is 1.10. The smallest absolute Gasteiger partial charge is 0.0270 e. The van der Waals surface area contributed by atoms with Crippen molar-refractivity contribution in [2.45, 2.75) is 55.1 Å². The molecule has 11 rings (SSSR count). The molecule has 7 aliphatic carbocycles. The Kier molecular flexibility index (Phi) is 7.58. The molecule has 1 heterocycles. The third-order valence-corrected chi connectivity index (χ3v) is 16.1. The second kappa shape index (κ2) is 12.5. The summed E-state index contributed by atoms with van der Waals surface area (Å²) < 4.78 is 0. The molecule has 0 radical (unpaired) electrons. The van der Waals surface area contributed by atoms with E-state index in [-0.39, 0.29) is 5.41 Å². The van der Waals surface area contributed by atoms with Crippen LogP contribution in [0.1, 0.15) is 72.8 Å². The molecule has 0 saturated carbocycles. The molecule has 0 N–H and O–H groups in total. The summed E-state index contributed by atoms with van der Waals surface area (Å²) in [6, 6.07) is 27.8. The summed E-state index contributed by atoms with van der Waals surface area (Å²) in [5, 5.41) is 0.558. The van der Waals surface area contributed by atoms with E-state index >= 15 is 0 Å². The van der Waals surface area contributed by atoms with Gasteiger partial charge in [0.25, 0.3) is 0 Å². The van der Waals surface area contributed by atoms with Crippen LogP contribution in [0, 0.1) is 40.9 Å². The van der Waals surface area contributed by atoms with E-state index < -0.39 is 0 Å². The Hall–Kier alpha value is -4.59. The average molecular weight is 717 g/mol. The topological polar surface area (TPSA) is 0 Å². The summed E-state index contributed by atoms with van der Waals surface area (Å²) in [4.78, 5) is 1.48. The number of allylic oxidation sites excluding steroid dienone is 19. The zero-order valence-electron chi connectivity index (χ0n) is 31.5. The number of rotatable bonds is 3. The van der Waals surface area contributed by atoms with Gasteiger partial charge in [0.2, 0.25) is 0 Å². The first-order valence-electron chi connectivity index (χ1n) is 20.4. The molecule has 266 valence electrons. The average Bonchev–Trinajstić information content (AvgIpc) is 3.59. The van der Waals surface area contributed by atoms with Crippen molar-refractivity contribution in [2.75, 3.05) is 0 Å². The van der Waals surface area contributed by atoms with Gasteiger partial charge in [-0.3, -0.25) is 0 Å². The lowest BCUT2D eigenvalue weighted by molar-refractivity contribution is 0.375. The molecule has 0 fully saturated rings. The molecule has 0 saturated heterocycles. The third-order valence-electron chi connectivity index (χ3n) is 14.6. The van der Waals surface area contributed by atoms with E-state index in [1.54, 1.807) is 16.7 Å². The quantitative estimate of drug-likeness (QED) is 0.243. The summed E-state index contributed by atoms with van der Waals surface area (Å²) >= 11 is 2.12. The number of thioether (sulfide) groups is 1. The first kappa shape index (κ1) is 32.8. The van der Waals surface area contributed by atoms with Gasteiger partial charge in [-0.25, -0.2) is 0 Å². The number of fused-ring (bicyclic) bond motifs is 9. The molecule has 0 nitrogen and oxygen atoms in total. The summed E-state index contributed by atoms with van der Waals surface area (Å²) in [6.07, 6.45) is 38.1. The van der Waals surface area contributed by atoms with Crippen molar-refractivity contribution in [3.05, 3.63) is 208 Å². The standard InChI is InChI=1S/C53H48S/c1-32-37-16-5-4-14-34(37)23-24-39(32)51-43-20-8-7-19-42(43)50(35-27-29-53(3)28-13-12-15-36(53)30-35)45-26-25-38(33(2)49(45)51)46-31-47-41-18-10-11-22-48(41)54-52(47)44-21-9-6-17-40(44)46/h4-28,30-33,38-40,44-45,47,50,52H,29H2,1-3H3. The van der Waals surface area contributed by atoms with Gasteiger partial charge >= 0.3 is 0 Å². The van der Waals surface area contributed by atoms with E-state index in [0.717, 1.165) is 6.42 Å². The van der Waals surface area contributed by atoms with Crippen LogP contribution >= 0.6 is 11.8 Å². The highest BCUT2D eigenvalue weighted by Gasteiger charge is 2.49. The Labute approximate surface area is 325 Å². The van der Waals surface area contributed by atoms with Crippen LogP contribution < -0.4 is 0 Å². The summed E-state index contributed by atoms with van der Waals surface area (Å²) in [6.45, 7) is 7.47. The minimum atomic E-state index is 0.0771. The van der Waals surface area contributed by atoms with Crippen molar-refractivity contribution in [1.82, 2.24) is 0 Å². The highest BCUT2D eigenvalue weighted by atomic mass is 32.2. The van der Waals surface area contributed by atoms with Crippen LogP contribution in [0.3, 0.4) is 0 Å². The van der Waals surface area contributed by atoms with E-state index in [1.807, 2.05) is 0 Å². The molecule has 8 aliphatic rings. The van der Waals surface area contributed by atoms with Gasteiger partial charge in [0.05, 0.1) is 0 Å². The predicted octanol–water partition coefficient (Wildman–Crippen LogP) is 13.4. The van der Waals surface area contributed by atoms with Crippen molar-refractivity contribution < 1.29 is 0 Å². The monoisotopic (exact) mass is 716 g/mol. The van der Waals surface area contributed by atoms with Gasteiger partial charge < -0.3 is 0 Å². The second-order valence-electron chi connectivity index (χ2n) is 17.3. The Morgan fingerprint density at radius 2 is 1.43 bits per heavy atom. The normalized spacial score (nSPS) is 36.2. The number of hydrogen-bond donors (Lipinski definition) is 0. The van der Waals surface area contributed by atoms with E-state index in [1.165, 1.54) is 43.9 Å². The maximum absolute atomic E-state index is 2.74. The molecule has 1 heteroatoms. The lowest BCUT2D eigenvalue weighted by Crippen LogP contribution is -2.38. The molecule has 0 spiro atoms. The van der Waals surface area contributed by atoms with Crippen molar-refractivity contribution in [2.24, 2.45) is 40.9 Å². The molecule has 0 bridgehead atoms. The fourth-order valence-corrected chi connectivity index (χ4v) is 13.4. The molecule has 0 amide bonds. The molecule has 11 atom stereocenters. The summed E-state index contributed by atoms with van der Waals surface area (Å²) in [5.41, 5.74) is 15.3. The molecule has 11 unspecified atom stereocenters. The SMILES string of the molecule is CC1C2=C(C3C=Cc4ccccc4C3C)c3ccccc3C(C3=CCC4(C)C=CC=CC4=C3)C2C=CC1C1=CC2c3ccccc3SC2C2C=CC=CC12. The van der Waals surface area contributed by atoms with E-state index in [4.69, 9.17) is 0 Å². The van der Waals surface area contributed by atoms with Gasteiger partial charge in [-0.15, -0.1) is 11.8 Å². The fourth-order valence-electron chi connectivity index (χ4n) is 11.8. The molecule has 0 aromatic heterocycles. The van der Waals surface area contributed by atoms with Crippen molar-refractivity contribution >= 4 is 23.4 Å². The van der Waals surface area contributed by atoms with Gasteiger partial charge in [0, 0.05) is 57.0 Å². The van der Waals surface area contributed by atoms with Crippen LogP contribution in [-0.2, 0) is 0 Å². The maximum Gasteiger partial charge on any atom is 0.0270 e. The minimum Gasteiger partial charge on any atom is -0.121 e. The van der Waals surface area contributed by atoms with E-state index in [2.05, 4.69) is 196 Å². The summed E-state index contributed by atoms with van der Waals surface area (Å²) in [5.74, 6) is 3.42. The van der Waals surface area contributed by atoms with Gasteiger partial charge in [0.15, 0.2) is 0 Å². The molecule has 3 aromatic carbocycles. The van der Waals surface area contributed by atoms with Crippen LogP contribution in [-0.4, -0.2) is 5.25 Å². The lowest BCUT2D eigenvalue weighted by Gasteiger charge is -2.48. The molecule has 54 heavy (non-hydrogen) atoms. The highest BCUT2D eigenvalue weighted by molar-refractivity contribution is 8.00. The Morgan fingerprint density at radius 1 is 0.648 bits per heavy atom. The third kappa shape index (κ3) is 4.83. The summed E-state index contributed by atoms with van der Waals surface area (Å²) in [7, 11) is 0. The lowest BCUT2D eigenvalue weighted by atomic mass is 9.55. The number of benzene rings is 3. The fraction of sp³-hybridized carbons (Fsp3) is 0.283. The molecule has 1 aliphatic heterocycles. The largest absolute Gasteiger partial charge is 0.121 e. The van der Waals surface area contributed by atoms with Crippen LogP contribution in [0.4, 0.5) is 0 Å². The van der Waals surface area contributed by atoms with Gasteiger partial charge in [0.1, 0.15) is 0 Å². The second-order valence-corrected chi connectivity index (χ2v) is 18.5. The van der Waals surface area contributed by atoms with Crippen LogP contribution in [0.15, 0.2) is 185 Å². The first-order chi connectivity index (χ1) is 26.5. The zero-order valence-corrected chi connectivity index (χ0v) is 32.3. The Morgan fingerprint density at radius 3 is 2.33 bits per heavy atom. The highest BCUT2D eigenvalue weighted by Crippen LogP contribution is 2.61. The van der Waals surface area contributed by atoms with E-state index in [0.29, 0.717) is 58.5 Å². The zero-order chi connectivity index (χ0) is 36.1. The van der Waals surface area contributed by atoms with Gasteiger partial charge in [-0.2, -0.15) is 0 Å². The number of hydrogen-bond acceptors (Lipinski definition) is 1. The van der Waals surface area contributed by atoms with Crippen LogP contribution in [0.25, 0.3) is 11.6 Å². The Bertz CT molecular complexity index is 2400. The maximum atomic E-state index is 2.74. The van der Waals surface area contributed by atoms with Crippen molar-refractivity contribution in [3.8, 4) is 0 Å². The van der Waals surface area contributed by atoms with Gasteiger partial charge in [-0.05, 0) is 68.9 Å². The van der Waals surface area contributed by atoms with Crippen molar-refractivity contribution in [1.29, 1.82) is 0 Å². The minimum absolute atomic E-state index is 0.0771. The molecular formula is C53H48S.